The van der Waals surface area contributed by atoms with Crippen LogP contribution < -0.4 is 0 Å². The van der Waals surface area contributed by atoms with Gasteiger partial charge < -0.3 is 0 Å². The highest BCUT2D eigenvalue weighted by Gasteiger charge is 2.16. The first-order valence-corrected chi connectivity index (χ1v) is 5.94. The quantitative estimate of drug-likeness (QED) is 0.737. The number of benzene rings is 2. The zero-order chi connectivity index (χ0) is 13.3. The highest BCUT2D eigenvalue weighted by atomic mass is 35.5. The van der Waals surface area contributed by atoms with E-state index in [4.69, 9.17) is 11.6 Å². The van der Waals surface area contributed by atoms with E-state index in [0.717, 1.165) is 11.1 Å². The van der Waals surface area contributed by atoms with Crippen molar-refractivity contribution in [2.45, 2.75) is 13.8 Å². The summed E-state index contributed by atoms with van der Waals surface area (Å²) in [5, 5.41) is 0.351. The zero-order valence-electron chi connectivity index (χ0n) is 10.1. The molecule has 0 N–H and O–H groups in total. The number of halogens is 2. The molecule has 0 fully saturated rings. The molecule has 92 valence electrons. The molecule has 2 rings (SSSR count). The highest BCUT2D eigenvalue weighted by Crippen LogP contribution is 2.20. The maximum Gasteiger partial charge on any atom is 0.196 e. The second kappa shape index (κ2) is 4.91. The van der Waals surface area contributed by atoms with Crippen LogP contribution in [0.2, 0.25) is 5.02 Å². The van der Waals surface area contributed by atoms with Gasteiger partial charge in [0.2, 0.25) is 0 Å². The van der Waals surface area contributed by atoms with E-state index in [0.29, 0.717) is 10.6 Å². The van der Waals surface area contributed by atoms with Crippen molar-refractivity contribution in [3.05, 3.63) is 69.5 Å². The van der Waals surface area contributed by atoms with Gasteiger partial charge in [-0.25, -0.2) is 4.39 Å². The number of carbonyl (C=O) groups excluding carboxylic acids is 1. The molecule has 0 saturated carbocycles. The van der Waals surface area contributed by atoms with Crippen LogP contribution >= 0.6 is 11.6 Å². The Bertz CT molecular complexity index is 620. The second-order valence-electron chi connectivity index (χ2n) is 4.27. The molecule has 0 radical (unpaired) electrons. The summed E-state index contributed by atoms with van der Waals surface area (Å²) in [4.78, 5) is 12.3. The third-order valence-corrected chi connectivity index (χ3v) is 3.03. The summed E-state index contributed by atoms with van der Waals surface area (Å²) in [7, 11) is 0. The molecule has 3 heteroatoms. The van der Waals surface area contributed by atoms with Crippen LogP contribution in [0.5, 0.6) is 0 Å². The van der Waals surface area contributed by atoms with E-state index in [1.54, 1.807) is 6.07 Å². The second-order valence-corrected chi connectivity index (χ2v) is 4.71. The van der Waals surface area contributed by atoms with Gasteiger partial charge in [-0.1, -0.05) is 35.4 Å². The molecule has 0 atom stereocenters. The molecule has 0 amide bonds. The number of ketones is 1. The minimum Gasteiger partial charge on any atom is -0.288 e. The zero-order valence-corrected chi connectivity index (χ0v) is 10.9. The van der Waals surface area contributed by atoms with Crippen LogP contribution in [0.4, 0.5) is 4.39 Å². The summed E-state index contributed by atoms with van der Waals surface area (Å²) in [5.74, 6) is -0.892. The van der Waals surface area contributed by atoms with E-state index >= 15 is 0 Å². The van der Waals surface area contributed by atoms with Gasteiger partial charge in [0.05, 0.1) is 5.56 Å². The van der Waals surface area contributed by atoms with E-state index in [1.165, 1.54) is 18.2 Å². The minimum atomic E-state index is -0.552. The SMILES string of the molecule is Cc1ccc(C(=O)c2cc(Cl)ccc2F)c(C)c1. The van der Waals surface area contributed by atoms with Crippen LogP contribution in [0.1, 0.15) is 27.0 Å². The molecule has 0 saturated heterocycles. The molecule has 2 aromatic carbocycles. The van der Waals surface area contributed by atoms with E-state index in [9.17, 15) is 9.18 Å². The first-order valence-electron chi connectivity index (χ1n) is 5.56. The Balaban J connectivity index is 2.51. The molecule has 0 aromatic heterocycles. The number of rotatable bonds is 2. The monoisotopic (exact) mass is 262 g/mol. The summed E-state index contributed by atoms with van der Waals surface area (Å²) in [5.41, 5.74) is 2.41. The molecule has 0 spiro atoms. The van der Waals surface area contributed by atoms with Gasteiger partial charge in [0.25, 0.3) is 0 Å². The van der Waals surface area contributed by atoms with Gasteiger partial charge in [-0.2, -0.15) is 0 Å². The van der Waals surface area contributed by atoms with Crippen molar-refractivity contribution in [3.63, 3.8) is 0 Å². The number of hydrogen-bond donors (Lipinski definition) is 0. The third-order valence-electron chi connectivity index (χ3n) is 2.80. The first-order chi connectivity index (χ1) is 8.49. The molecule has 1 nitrogen and oxygen atoms in total. The van der Waals surface area contributed by atoms with Crippen LogP contribution in [0.25, 0.3) is 0 Å². The van der Waals surface area contributed by atoms with Gasteiger partial charge in [-0.3, -0.25) is 4.79 Å². The summed E-state index contributed by atoms with van der Waals surface area (Å²) in [6, 6.07) is 9.44. The molecule has 0 bridgehead atoms. The third kappa shape index (κ3) is 2.44. The molecule has 2 aromatic rings. The molecule has 0 aliphatic carbocycles. The molecule has 0 heterocycles. The Morgan fingerprint density at radius 2 is 1.78 bits per heavy atom. The van der Waals surface area contributed by atoms with Crippen molar-refractivity contribution in [2.24, 2.45) is 0 Å². The Hall–Kier alpha value is -1.67. The Morgan fingerprint density at radius 3 is 2.44 bits per heavy atom. The summed E-state index contributed by atoms with van der Waals surface area (Å²) >= 11 is 5.79. The van der Waals surface area contributed by atoms with E-state index in [1.807, 2.05) is 26.0 Å². The van der Waals surface area contributed by atoms with Crippen LogP contribution in [0.3, 0.4) is 0 Å². The Morgan fingerprint density at radius 1 is 1.06 bits per heavy atom. The highest BCUT2D eigenvalue weighted by molar-refractivity contribution is 6.31. The predicted octanol–water partition coefficient (Wildman–Crippen LogP) is 4.33. The van der Waals surface area contributed by atoms with Crippen molar-refractivity contribution in [1.82, 2.24) is 0 Å². The number of carbonyl (C=O) groups is 1. The van der Waals surface area contributed by atoms with Crippen molar-refractivity contribution >= 4 is 17.4 Å². The maximum atomic E-state index is 13.6. The molecular formula is C15H12ClFO. The van der Waals surface area contributed by atoms with Crippen molar-refractivity contribution in [1.29, 1.82) is 0 Å². The van der Waals surface area contributed by atoms with Crippen molar-refractivity contribution in [3.8, 4) is 0 Å². The summed E-state index contributed by atoms with van der Waals surface area (Å²) < 4.78 is 13.6. The van der Waals surface area contributed by atoms with Crippen LogP contribution in [0, 0.1) is 19.7 Å². The molecular weight excluding hydrogens is 251 g/mol. The summed E-state index contributed by atoms with van der Waals surface area (Å²) in [6.45, 7) is 3.78. The Kier molecular flexibility index (Phi) is 3.48. The average molecular weight is 263 g/mol. The van der Waals surface area contributed by atoms with Crippen LogP contribution in [-0.2, 0) is 0 Å². The lowest BCUT2D eigenvalue weighted by Gasteiger charge is -2.07. The first kappa shape index (κ1) is 12.8. The summed E-state index contributed by atoms with van der Waals surface area (Å²) in [6.07, 6.45) is 0. The fourth-order valence-corrected chi connectivity index (χ4v) is 2.06. The number of aryl methyl sites for hydroxylation is 2. The largest absolute Gasteiger partial charge is 0.288 e. The van der Waals surface area contributed by atoms with Crippen LogP contribution in [-0.4, -0.2) is 5.78 Å². The van der Waals surface area contributed by atoms with Gasteiger partial charge >= 0.3 is 0 Å². The lowest BCUT2D eigenvalue weighted by atomic mass is 9.97. The fraction of sp³-hybridized carbons (Fsp3) is 0.133. The lowest BCUT2D eigenvalue weighted by molar-refractivity contribution is 0.103. The van der Waals surface area contributed by atoms with E-state index in [2.05, 4.69) is 0 Å². The smallest absolute Gasteiger partial charge is 0.196 e. The average Bonchev–Trinajstić information content (AvgIpc) is 2.31. The van der Waals surface area contributed by atoms with E-state index in [-0.39, 0.29) is 11.3 Å². The van der Waals surface area contributed by atoms with E-state index < -0.39 is 5.82 Å². The molecule has 18 heavy (non-hydrogen) atoms. The van der Waals surface area contributed by atoms with Gasteiger partial charge in [0.1, 0.15) is 5.82 Å². The predicted molar refractivity (Wildman–Crippen MR) is 70.8 cm³/mol. The normalized spacial score (nSPS) is 10.4. The molecule has 0 unspecified atom stereocenters. The number of hydrogen-bond acceptors (Lipinski definition) is 1. The van der Waals surface area contributed by atoms with Gasteiger partial charge in [-0.15, -0.1) is 0 Å². The minimum absolute atomic E-state index is 0.00875. The molecule has 0 aliphatic rings. The molecule has 0 aliphatic heterocycles. The van der Waals surface area contributed by atoms with Gasteiger partial charge in [0, 0.05) is 10.6 Å². The maximum absolute atomic E-state index is 13.6. The van der Waals surface area contributed by atoms with Crippen molar-refractivity contribution in [2.75, 3.05) is 0 Å². The lowest BCUT2D eigenvalue weighted by Crippen LogP contribution is -2.06. The topological polar surface area (TPSA) is 17.1 Å². The Labute approximate surface area is 110 Å². The van der Waals surface area contributed by atoms with Crippen LogP contribution in [0.15, 0.2) is 36.4 Å². The fourth-order valence-electron chi connectivity index (χ4n) is 1.88. The van der Waals surface area contributed by atoms with Gasteiger partial charge in [-0.05, 0) is 37.6 Å². The standard InChI is InChI=1S/C15H12ClFO/c1-9-3-5-12(10(2)7-9)15(18)13-8-11(16)4-6-14(13)17/h3-8H,1-2H3. The van der Waals surface area contributed by atoms with Crippen molar-refractivity contribution < 1.29 is 9.18 Å². The van der Waals surface area contributed by atoms with Gasteiger partial charge in [0.15, 0.2) is 5.78 Å².